The van der Waals surface area contributed by atoms with Gasteiger partial charge in [0.2, 0.25) is 0 Å². The normalized spacial score (nSPS) is 24.6. The maximum atomic E-state index is 10.9. The number of benzene rings is 2. The molecule has 4 rings (SSSR count). The number of allylic oxidation sites excluding steroid dienone is 3. The van der Waals surface area contributed by atoms with E-state index in [0.29, 0.717) is 12.5 Å². The molecule has 1 N–H and O–H groups in total. The number of fused-ring (bicyclic) bond motifs is 1. The van der Waals surface area contributed by atoms with Crippen LogP contribution in [-0.4, -0.2) is 17.7 Å². The molecule has 0 aromatic heterocycles. The number of rotatable bonds is 5. The fourth-order valence-electron chi connectivity index (χ4n) is 4.54. The molecule has 2 aromatic rings. The Hall–Kier alpha value is -2.81. The van der Waals surface area contributed by atoms with Crippen LogP contribution >= 0.6 is 0 Å². The summed E-state index contributed by atoms with van der Waals surface area (Å²) in [6.07, 6.45) is 6.42. The second kappa shape index (κ2) is 7.16. The summed E-state index contributed by atoms with van der Waals surface area (Å²) < 4.78 is 6.21. The molecule has 3 heteroatoms. The van der Waals surface area contributed by atoms with Crippen LogP contribution < -0.4 is 4.74 Å². The van der Waals surface area contributed by atoms with Gasteiger partial charge in [0.15, 0.2) is 0 Å². The van der Waals surface area contributed by atoms with E-state index in [9.17, 15) is 4.79 Å². The highest BCUT2D eigenvalue weighted by molar-refractivity contribution is 5.81. The Balaban J connectivity index is 1.76. The van der Waals surface area contributed by atoms with E-state index in [1.807, 2.05) is 13.0 Å². The predicted molar refractivity (Wildman–Crippen MR) is 121 cm³/mol. The maximum absolute atomic E-state index is 10.9. The van der Waals surface area contributed by atoms with E-state index < -0.39 is 5.97 Å². The van der Waals surface area contributed by atoms with E-state index in [4.69, 9.17) is 9.84 Å². The Kier molecular flexibility index (Phi) is 4.88. The van der Waals surface area contributed by atoms with Gasteiger partial charge in [-0.05, 0) is 59.9 Å². The Bertz CT molecular complexity index is 1070. The molecule has 30 heavy (non-hydrogen) atoms. The van der Waals surface area contributed by atoms with E-state index in [-0.39, 0.29) is 10.8 Å². The van der Waals surface area contributed by atoms with Crippen LogP contribution in [0.3, 0.4) is 0 Å². The zero-order valence-electron chi connectivity index (χ0n) is 18.5. The number of ether oxygens (including phenoxy) is 1. The quantitative estimate of drug-likeness (QED) is 0.479. The van der Waals surface area contributed by atoms with Crippen LogP contribution in [0.2, 0.25) is 0 Å². The number of carboxylic acids is 1. The van der Waals surface area contributed by atoms with E-state index in [1.54, 1.807) is 0 Å². The first-order valence-electron chi connectivity index (χ1n) is 10.6. The van der Waals surface area contributed by atoms with Crippen molar-refractivity contribution < 1.29 is 14.6 Å². The van der Waals surface area contributed by atoms with Crippen molar-refractivity contribution in [1.82, 2.24) is 0 Å². The lowest BCUT2D eigenvalue weighted by Gasteiger charge is -2.21. The van der Waals surface area contributed by atoms with Gasteiger partial charge in [0.1, 0.15) is 5.75 Å². The summed E-state index contributed by atoms with van der Waals surface area (Å²) in [4.78, 5) is 10.9. The maximum Gasteiger partial charge on any atom is 0.328 e. The first kappa shape index (κ1) is 20.5. The highest BCUT2D eigenvalue weighted by Gasteiger charge is 2.50. The number of hydrogen-bond acceptors (Lipinski definition) is 2. The Morgan fingerprint density at radius 2 is 1.90 bits per heavy atom. The molecule has 0 radical (unpaired) electrons. The van der Waals surface area contributed by atoms with Gasteiger partial charge in [-0.15, -0.1) is 0 Å². The van der Waals surface area contributed by atoms with E-state index in [1.165, 1.54) is 33.9 Å². The van der Waals surface area contributed by atoms with Gasteiger partial charge in [0.25, 0.3) is 0 Å². The topological polar surface area (TPSA) is 46.5 Å². The Labute approximate surface area is 179 Å². The van der Waals surface area contributed by atoms with Gasteiger partial charge in [0, 0.05) is 22.6 Å². The van der Waals surface area contributed by atoms with Crippen molar-refractivity contribution in [2.24, 2.45) is 5.92 Å². The third kappa shape index (κ3) is 3.58. The minimum absolute atomic E-state index is 0.0137. The molecule has 2 aromatic carbocycles. The van der Waals surface area contributed by atoms with E-state index in [2.05, 4.69) is 70.2 Å². The van der Waals surface area contributed by atoms with Crippen LogP contribution in [0.4, 0.5) is 0 Å². The Morgan fingerprint density at radius 1 is 1.17 bits per heavy atom. The summed E-state index contributed by atoms with van der Waals surface area (Å²) in [6, 6.07) is 13.1. The molecule has 156 valence electrons. The van der Waals surface area contributed by atoms with Gasteiger partial charge in [-0.1, -0.05) is 63.3 Å². The van der Waals surface area contributed by atoms with Gasteiger partial charge in [0.05, 0.1) is 6.61 Å². The summed E-state index contributed by atoms with van der Waals surface area (Å²) >= 11 is 0. The molecule has 0 amide bonds. The van der Waals surface area contributed by atoms with E-state index >= 15 is 0 Å². The molecule has 2 atom stereocenters. The number of hydrogen-bond donors (Lipinski definition) is 1. The number of aryl methyl sites for hydroxylation is 1. The lowest BCUT2D eigenvalue weighted by atomic mass is 9.81. The second-order valence-corrected chi connectivity index (χ2v) is 9.70. The number of carbonyl (C=O) groups is 1. The highest BCUT2D eigenvalue weighted by Crippen LogP contribution is 2.57. The SMILES string of the molecule is CC(C=C[C@@H]1CC1(C)c1cc(-c2ccccc2C)c2c(c1)C(C)(C)CO2)=CC(=O)O. The van der Waals surface area contributed by atoms with Gasteiger partial charge < -0.3 is 9.84 Å². The van der Waals surface area contributed by atoms with E-state index in [0.717, 1.165) is 17.7 Å². The van der Waals surface area contributed by atoms with Crippen molar-refractivity contribution in [2.75, 3.05) is 6.61 Å². The van der Waals surface area contributed by atoms with Crippen molar-refractivity contribution >= 4 is 5.97 Å². The lowest BCUT2D eigenvalue weighted by Crippen LogP contribution is -2.18. The molecule has 0 saturated heterocycles. The monoisotopic (exact) mass is 402 g/mol. The molecule has 1 aliphatic heterocycles. The van der Waals surface area contributed by atoms with Gasteiger partial charge in [-0.3, -0.25) is 0 Å². The molecule has 1 heterocycles. The third-order valence-corrected chi connectivity index (χ3v) is 6.73. The standard InChI is InChI=1S/C27H30O3/c1-17(12-24(28)29)10-11-19-15-27(19,5)20-13-22(21-9-7-6-8-18(21)2)25-23(14-20)26(3,4)16-30-25/h6-14,19H,15-16H2,1-5H3,(H,28,29)/t19-,27?/m1/s1. The molecule has 3 nitrogen and oxygen atoms in total. The zero-order valence-corrected chi connectivity index (χ0v) is 18.5. The smallest absolute Gasteiger partial charge is 0.328 e. The molecule has 2 aliphatic rings. The third-order valence-electron chi connectivity index (χ3n) is 6.73. The lowest BCUT2D eigenvalue weighted by molar-refractivity contribution is -0.131. The molecular formula is C27H30O3. The average molecular weight is 403 g/mol. The average Bonchev–Trinajstić information content (AvgIpc) is 3.25. The predicted octanol–water partition coefficient (Wildman–Crippen LogP) is 6.20. The molecular weight excluding hydrogens is 372 g/mol. The minimum atomic E-state index is -0.903. The fourth-order valence-corrected chi connectivity index (χ4v) is 4.54. The summed E-state index contributed by atoms with van der Waals surface area (Å²) in [6.45, 7) is 11.5. The van der Waals surface area contributed by atoms with Crippen LogP contribution in [-0.2, 0) is 15.6 Å². The van der Waals surface area contributed by atoms with Crippen molar-refractivity contribution in [3.63, 3.8) is 0 Å². The second-order valence-electron chi connectivity index (χ2n) is 9.70. The summed E-state index contributed by atoms with van der Waals surface area (Å²) in [5, 5.41) is 8.92. The largest absolute Gasteiger partial charge is 0.492 e. The van der Waals surface area contributed by atoms with Crippen LogP contribution in [0.25, 0.3) is 11.1 Å². The van der Waals surface area contributed by atoms with Gasteiger partial charge >= 0.3 is 5.97 Å². The van der Waals surface area contributed by atoms with Crippen LogP contribution in [0.1, 0.15) is 50.8 Å². The Morgan fingerprint density at radius 3 is 2.60 bits per heavy atom. The molecule has 0 bridgehead atoms. The van der Waals surface area contributed by atoms with Crippen molar-refractivity contribution in [2.45, 2.75) is 51.9 Å². The molecule has 1 aliphatic carbocycles. The van der Waals surface area contributed by atoms with Gasteiger partial charge in [-0.2, -0.15) is 0 Å². The summed E-state index contributed by atoms with van der Waals surface area (Å²) in [7, 11) is 0. The van der Waals surface area contributed by atoms with Crippen molar-refractivity contribution in [1.29, 1.82) is 0 Å². The number of aliphatic carboxylic acids is 1. The number of carboxylic acid groups (broad SMARTS) is 1. The fraction of sp³-hybridized carbons (Fsp3) is 0.370. The van der Waals surface area contributed by atoms with Crippen LogP contribution in [0.15, 0.2) is 60.2 Å². The first-order chi connectivity index (χ1) is 14.1. The zero-order chi connectivity index (χ0) is 21.7. The minimum Gasteiger partial charge on any atom is -0.492 e. The molecule has 0 spiro atoms. The van der Waals surface area contributed by atoms with Crippen molar-refractivity contribution in [3.05, 3.63) is 76.9 Å². The molecule has 1 fully saturated rings. The molecule has 1 saturated carbocycles. The summed E-state index contributed by atoms with van der Waals surface area (Å²) in [5.74, 6) is 0.525. The van der Waals surface area contributed by atoms with Gasteiger partial charge in [-0.25, -0.2) is 4.79 Å². The van der Waals surface area contributed by atoms with Crippen LogP contribution in [0, 0.1) is 12.8 Å². The summed E-state index contributed by atoms with van der Waals surface area (Å²) in [5.41, 5.74) is 7.10. The highest BCUT2D eigenvalue weighted by atomic mass is 16.5. The molecule has 1 unspecified atom stereocenters. The van der Waals surface area contributed by atoms with Crippen LogP contribution in [0.5, 0.6) is 5.75 Å². The van der Waals surface area contributed by atoms with Crippen molar-refractivity contribution in [3.8, 4) is 16.9 Å². The first-order valence-corrected chi connectivity index (χ1v) is 10.6.